The molecule has 4 heteroatoms. The van der Waals surface area contributed by atoms with E-state index in [0.717, 1.165) is 11.3 Å². The summed E-state index contributed by atoms with van der Waals surface area (Å²) in [6, 6.07) is 1.98. The van der Waals surface area contributed by atoms with Crippen LogP contribution in [0.1, 0.15) is 12.0 Å². The summed E-state index contributed by atoms with van der Waals surface area (Å²) in [6.45, 7) is 0. The van der Waals surface area contributed by atoms with Gasteiger partial charge < -0.3 is 0 Å². The lowest BCUT2D eigenvalue weighted by atomic mass is 10.1. The molecule has 0 unspecified atom stereocenters. The Bertz CT molecular complexity index is 329. The number of nitrogens with zero attached hydrogens (tertiary/aromatic N) is 2. The van der Waals surface area contributed by atoms with Crippen molar-refractivity contribution in [3.63, 3.8) is 0 Å². The standard InChI is InChI=1S/C8H8N2OS/c1-10-8(11)4-7(9-10)6-2-3-12-5-6/h2-3,5H,4H2,1H3. The lowest BCUT2D eigenvalue weighted by Crippen LogP contribution is -2.13. The highest BCUT2D eigenvalue weighted by Gasteiger charge is 2.21. The SMILES string of the molecule is CN1N=C(c2ccsc2)CC1=O. The first-order valence-corrected chi connectivity index (χ1v) is 4.58. The number of carbonyl (C=O) groups is 1. The van der Waals surface area contributed by atoms with Gasteiger partial charge >= 0.3 is 0 Å². The Morgan fingerprint density at radius 1 is 1.67 bits per heavy atom. The first-order chi connectivity index (χ1) is 5.77. The predicted molar refractivity (Wildman–Crippen MR) is 48.2 cm³/mol. The highest BCUT2D eigenvalue weighted by Crippen LogP contribution is 2.15. The Morgan fingerprint density at radius 2 is 2.50 bits per heavy atom. The van der Waals surface area contributed by atoms with Crippen LogP contribution in [0.25, 0.3) is 0 Å². The van der Waals surface area contributed by atoms with E-state index in [1.165, 1.54) is 5.01 Å². The summed E-state index contributed by atoms with van der Waals surface area (Å²) < 4.78 is 0. The number of hydrogen-bond donors (Lipinski definition) is 0. The lowest BCUT2D eigenvalue weighted by molar-refractivity contribution is -0.127. The Hall–Kier alpha value is -1.16. The molecule has 0 aliphatic carbocycles. The van der Waals surface area contributed by atoms with Crippen LogP contribution in [0.2, 0.25) is 0 Å². The molecule has 1 aromatic rings. The van der Waals surface area contributed by atoms with Crippen molar-refractivity contribution in [3.8, 4) is 0 Å². The van der Waals surface area contributed by atoms with Crippen LogP contribution in [0.4, 0.5) is 0 Å². The molecule has 3 nitrogen and oxygen atoms in total. The highest BCUT2D eigenvalue weighted by molar-refractivity contribution is 7.08. The summed E-state index contributed by atoms with van der Waals surface area (Å²) in [5.41, 5.74) is 1.95. The molecule has 1 aliphatic heterocycles. The van der Waals surface area contributed by atoms with Crippen molar-refractivity contribution in [2.45, 2.75) is 6.42 Å². The second-order valence-corrected chi connectivity index (χ2v) is 3.43. The van der Waals surface area contributed by atoms with Crippen LogP contribution in [-0.2, 0) is 4.79 Å². The zero-order valence-corrected chi connectivity index (χ0v) is 7.47. The number of rotatable bonds is 1. The van der Waals surface area contributed by atoms with Gasteiger partial charge in [-0.05, 0) is 16.8 Å². The Labute approximate surface area is 74.3 Å². The van der Waals surface area contributed by atoms with Crippen LogP contribution in [-0.4, -0.2) is 23.7 Å². The average Bonchev–Trinajstić information content (AvgIpc) is 2.61. The van der Waals surface area contributed by atoms with Crippen LogP contribution in [0, 0.1) is 0 Å². The van der Waals surface area contributed by atoms with Crippen LogP contribution >= 0.6 is 11.3 Å². The van der Waals surface area contributed by atoms with Gasteiger partial charge in [-0.3, -0.25) is 4.79 Å². The van der Waals surface area contributed by atoms with Crippen LogP contribution < -0.4 is 0 Å². The maximum Gasteiger partial charge on any atom is 0.248 e. The van der Waals surface area contributed by atoms with Crippen molar-refractivity contribution in [2.24, 2.45) is 5.10 Å². The van der Waals surface area contributed by atoms with Gasteiger partial charge in [-0.2, -0.15) is 16.4 Å². The zero-order chi connectivity index (χ0) is 8.55. The molecule has 12 heavy (non-hydrogen) atoms. The molecular formula is C8H8N2OS. The van der Waals surface area contributed by atoms with Gasteiger partial charge in [0.1, 0.15) is 0 Å². The third kappa shape index (κ3) is 1.14. The summed E-state index contributed by atoms with van der Waals surface area (Å²) in [4.78, 5) is 11.1. The number of thiophene rings is 1. The molecule has 2 heterocycles. The van der Waals surface area contributed by atoms with Gasteiger partial charge in [0.05, 0.1) is 12.1 Å². The second kappa shape index (κ2) is 2.71. The molecule has 0 radical (unpaired) electrons. The minimum atomic E-state index is 0.0659. The topological polar surface area (TPSA) is 32.7 Å². The van der Waals surface area contributed by atoms with Gasteiger partial charge in [0.15, 0.2) is 0 Å². The first kappa shape index (κ1) is 7.49. The maximum absolute atomic E-state index is 11.1. The van der Waals surface area contributed by atoms with Crippen molar-refractivity contribution < 1.29 is 4.79 Å². The van der Waals surface area contributed by atoms with Crippen LogP contribution in [0.15, 0.2) is 21.9 Å². The van der Waals surface area contributed by atoms with E-state index >= 15 is 0 Å². The molecular weight excluding hydrogens is 172 g/mol. The highest BCUT2D eigenvalue weighted by atomic mass is 32.1. The van der Waals surface area contributed by atoms with E-state index in [9.17, 15) is 4.79 Å². The van der Waals surface area contributed by atoms with E-state index in [2.05, 4.69) is 5.10 Å². The smallest absolute Gasteiger partial charge is 0.248 e. The summed E-state index contributed by atoms with van der Waals surface area (Å²) in [5, 5.41) is 9.51. The summed E-state index contributed by atoms with van der Waals surface area (Å²) in [5.74, 6) is 0.0659. The van der Waals surface area contributed by atoms with E-state index in [-0.39, 0.29) is 5.91 Å². The first-order valence-electron chi connectivity index (χ1n) is 3.64. The number of hydrazone groups is 1. The Kier molecular flexibility index (Phi) is 1.69. The Morgan fingerprint density at radius 3 is 3.00 bits per heavy atom. The van der Waals surface area contributed by atoms with Crippen molar-refractivity contribution in [3.05, 3.63) is 22.4 Å². The molecule has 0 bridgehead atoms. The maximum atomic E-state index is 11.1. The lowest BCUT2D eigenvalue weighted by Gasteiger charge is -1.98. The molecule has 0 atom stereocenters. The number of amides is 1. The molecule has 1 aliphatic rings. The van der Waals surface area contributed by atoms with Crippen molar-refractivity contribution in [1.29, 1.82) is 0 Å². The van der Waals surface area contributed by atoms with Gasteiger partial charge in [-0.1, -0.05) is 0 Å². The fourth-order valence-electron chi connectivity index (χ4n) is 1.12. The van der Waals surface area contributed by atoms with E-state index in [1.807, 2.05) is 16.8 Å². The van der Waals surface area contributed by atoms with E-state index in [4.69, 9.17) is 0 Å². The molecule has 2 rings (SSSR count). The molecule has 0 spiro atoms. The summed E-state index contributed by atoms with van der Waals surface area (Å²) in [7, 11) is 1.68. The minimum absolute atomic E-state index is 0.0659. The summed E-state index contributed by atoms with van der Waals surface area (Å²) in [6.07, 6.45) is 0.438. The quantitative estimate of drug-likeness (QED) is 0.641. The van der Waals surface area contributed by atoms with Gasteiger partial charge in [-0.25, -0.2) is 5.01 Å². The molecule has 0 aromatic carbocycles. The van der Waals surface area contributed by atoms with E-state index in [1.54, 1.807) is 18.4 Å². The molecule has 0 saturated heterocycles. The van der Waals surface area contributed by atoms with Crippen LogP contribution in [0.3, 0.4) is 0 Å². The largest absolute Gasteiger partial charge is 0.273 e. The molecule has 0 fully saturated rings. The normalized spacial score (nSPS) is 16.9. The molecule has 1 aromatic heterocycles. The monoisotopic (exact) mass is 180 g/mol. The molecule has 0 N–H and O–H groups in total. The van der Waals surface area contributed by atoms with Crippen molar-refractivity contribution in [1.82, 2.24) is 5.01 Å². The van der Waals surface area contributed by atoms with Crippen molar-refractivity contribution >= 4 is 23.0 Å². The third-order valence-corrected chi connectivity index (χ3v) is 2.49. The zero-order valence-electron chi connectivity index (χ0n) is 6.65. The van der Waals surface area contributed by atoms with E-state index < -0.39 is 0 Å². The number of hydrogen-bond acceptors (Lipinski definition) is 3. The average molecular weight is 180 g/mol. The van der Waals surface area contributed by atoms with Crippen molar-refractivity contribution in [2.75, 3.05) is 7.05 Å². The summed E-state index contributed by atoms with van der Waals surface area (Å²) >= 11 is 1.62. The predicted octanol–water partition coefficient (Wildman–Crippen LogP) is 1.31. The Balaban J connectivity index is 2.28. The van der Waals surface area contributed by atoms with Gasteiger partial charge in [0.25, 0.3) is 0 Å². The fraction of sp³-hybridized carbons (Fsp3) is 0.250. The second-order valence-electron chi connectivity index (χ2n) is 2.65. The molecule has 0 saturated carbocycles. The van der Waals surface area contributed by atoms with Gasteiger partial charge in [0.2, 0.25) is 5.91 Å². The minimum Gasteiger partial charge on any atom is -0.273 e. The third-order valence-electron chi connectivity index (χ3n) is 1.80. The van der Waals surface area contributed by atoms with Gasteiger partial charge in [-0.15, -0.1) is 0 Å². The van der Waals surface area contributed by atoms with Gasteiger partial charge in [0, 0.05) is 12.6 Å². The van der Waals surface area contributed by atoms with E-state index in [0.29, 0.717) is 6.42 Å². The van der Waals surface area contributed by atoms with Crippen LogP contribution in [0.5, 0.6) is 0 Å². The molecule has 62 valence electrons. The fourth-order valence-corrected chi connectivity index (χ4v) is 1.78. The molecule has 1 amide bonds. The number of carbonyl (C=O) groups excluding carboxylic acids is 1.